The molecule has 0 amide bonds. The number of hydrogen-bond donors (Lipinski definition) is 1. The maximum Gasteiger partial charge on any atom is 0.214 e. The molecule has 0 atom stereocenters. The van der Waals surface area contributed by atoms with Gasteiger partial charge >= 0.3 is 0 Å². The first-order valence-corrected chi connectivity index (χ1v) is 5.62. The number of anilines is 1. The van der Waals surface area contributed by atoms with E-state index in [9.17, 15) is 0 Å². The predicted molar refractivity (Wildman–Crippen MR) is 60.2 cm³/mol. The second-order valence-electron chi connectivity index (χ2n) is 3.40. The fourth-order valence-corrected chi connectivity index (χ4v) is 1.89. The van der Waals surface area contributed by atoms with Gasteiger partial charge in [0, 0.05) is 5.38 Å². The van der Waals surface area contributed by atoms with E-state index in [-0.39, 0.29) is 0 Å². The molecule has 0 spiro atoms. The van der Waals surface area contributed by atoms with Gasteiger partial charge in [0.05, 0.1) is 17.9 Å². The molecular weight excluding hydrogens is 210 g/mol. The van der Waals surface area contributed by atoms with E-state index in [4.69, 9.17) is 4.42 Å². The zero-order valence-electron chi connectivity index (χ0n) is 9.00. The van der Waals surface area contributed by atoms with Crippen molar-refractivity contribution in [3.63, 3.8) is 0 Å². The van der Waals surface area contributed by atoms with E-state index < -0.39 is 0 Å². The second kappa shape index (κ2) is 4.02. The fourth-order valence-electron chi connectivity index (χ4n) is 1.20. The van der Waals surface area contributed by atoms with Gasteiger partial charge in [-0.2, -0.15) is 0 Å². The Balaban J connectivity index is 1.99. The summed E-state index contributed by atoms with van der Waals surface area (Å²) in [7, 11) is 0. The SMILES string of the molecule is Cc1csc(NCc2nc(C)c(C)o2)n1. The van der Waals surface area contributed by atoms with Crippen molar-refractivity contribution in [3.8, 4) is 0 Å². The summed E-state index contributed by atoms with van der Waals surface area (Å²) in [6.07, 6.45) is 0. The van der Waals surface area contributed by atoms with Crippen LogP contribution in [0.5, 0.6) is 0 Å². The lowest BCUT2D eigenvalue weighted by molar-refractivity contribution is 0.478. The molecule has 0 saturated carbocycles. The second-order valence-corrected chi connectivity index (χ2v) is 4.25. The third kappa shape index (κ3) is 2.36. The molecule has 4 nitrogen and oxygen atoms in total. The Bertz CT molecular complexity index is 441. The maximum absolute atomic E-state index is 5.45. The quantitative estimate of drug-likeness (QED) is 0.869. The van der Waals surface area contributed by atoms with Gasteiger partial charge in [-0.25, -0.2) is 9.97 Å². The molecule has 1 N–H and O–H groups in total. The molecule has 0 aliphatic carbocycles. The maximum atomic E-state index is 5.45. The molecule has 80 valence electrons. The minimum atomic E-state index is 0.585. The Morgan fingerprint density at radius 3 is 2.67 bits per heavy atom. The smallest absolute Gasteiger partial charge is 0.214 e. The summed E-state index contributed by atoms with van der Waals surface area (Å²) in [4.78, 5) is 8.57. The topological polar surface area (TPSA) is 51.0 Å². The van der Waals surface area contributed by atoms with Crippen LogP contribution in [0.25, 0.3) is 0 Å². The molecule has 0 unspecified atom stereocenters. The van der Waals surface area contributed by atoms with Crippen LogP contribution < -0.4 is 5.32 Å². The molecule has 2 aromatic heterocycles. The summed E-state index contributed by atoms with van der Waals surface area (Å²) >= 11 is 1.59. The zero-order valence-corrected chi connectivity index (χ0v) is 9.81. The van der Waals surface area contributed by atoms with Gasteiger partial charge in [0.1, 0.15) is 5.76 Å². The summed E-state index contributed by atoms with van der Waals surface area (Å²) in [6.45, 7) is 6.41. The highest BCUT2D eigenvalue weighted by Gasteiger charge is 2.05. The highest BCUT2D eigenvalue weighted by Crippen LogP contribution is 2.16. The number of aromatic nitrogens is 2. The number of rotatable bonds is 3. The highest BCUT2D eigenvalue weighted by atomic mass is 32.1. The number of nitrogens with zero attached hydrogens (tertiary/aromatic N) is 2. The van der Waals surface area contributed by atoms with Crippen molar-refractivity contribution in [2.24, 2.45) is 0 Å². The Labute approximate surface area is 92.4 Å². The van der Waals surface area contributed by atoms with Gasteiger partial charge < -0.3 is 9.73 Å². The molecule has 0 radical (unpaired) electrons. The normalized spacial score (nSPS) is 10.6. The van der Waals surface area contributed by atoms with E-state index in [0.29, 0.717) is 12.4 Å². The van der Waals surface area contributed by atoms with Crippen molar-refractivity contribution in [3.05, 3.63) is 28.4 Å². The predicted octanol–water partition coefficient (Wildman–Crippen LogP) is 2.67. The zero-order chi connectivity index (χ0) is 10.8. The van der Waals surface area contributed by atoms with Gasteiger partial charge in [0.25, 0.3) is 0 Å². The minimum absolute atomic E-state index is 0.585. The van der Waals surface area contributed by atoms with Gasteiger partial charge in [0.2, 0.25) is 5.89 Å². The molecule has 0 bridgehead atoms. The van der Waals surface area contributed by atoms with Gasteiger partial charge in [-0.3, -0.25) is 0 Å². The number of oxazole rings is 1. The van der Waals surface area contributed by atoms with E-state index in [1.807, 2.05) is 26.2 Å². The van der Waals surface area contributed by atoms with Crippen LogP contribution in [0, 0.1) is 20.8 Å². The van der Waals surface area contributed by atoms with Crippen molar-refractivity contribution < 1.29 is 4.42 Å². The molecular formula is C10H13N3OS. The molecule has 5 heteroatoms. The average molecular weight is 223 g/mol. The molecule has 2 rings (SSSR count). The standard InChI is InChI=1S/C10H13N3OS/c1-6-5-15-10(12-6)11-4-9-13-7(2)8(3)14-9/h5H,4H2,1-3H3,(H,11,12). The van der Waals surface area contributed by atoms with Crippen LogP contribution in [0.4, 0.5) is 5.13 Å². The van der Waals surface area contributed by atoms with Crippen LogP contribution in [0.3, 0.4) is 0 Å². The van der Waals surface area contributed by atoms with Crippen LogP contribution >= 0.6 is 11.3 Å². The van der Waals surface area contributed by atoms with Crippen LogP contribution in [-0.2, 0) is 6.54 Å². The first-order chi connectivity index (χ1) is 7.15. The van der Waals surface area contributed by atoms with Gasteiger partial charge in [-0.05, 0) is 20.8 Å². The summed E-state index contributed by atoms with van der Waals surface area (Å²) in [5.41, 5.74) is 1.98. The molecule has 0 fully saturated rings. The largest absolute Gasteiger partial charge is 0.444 e. The molecule has 2 aromatic rings. The number of thiazole rings is 1. The average Bonchev–Trinajstić information content (AvgIpc) is 2.72. The van der Waals surface area contributed by atoms with E-state index in [2.05, 4.69) is 15.3 Å². The summed E-state index contributed by atoms with van der Waals surface area (Å²) < 4.78 is 5.45. The number of hydrogen-bond acceptors (Lipinski definition) is 5. The first kappa shape index (κ1) is 10.2. The van der Waals surface area contributed by atoms with Crippen molar-refractivity contribution in [1.82, 2.24) is 9.97 Å². The molecule has 2 heterocycles. The summed E-state index contributed by atoms with van der Waals surface area (Å²) in [6, 6.07) is 0. The van der Waals surface area contributed by atoms with Crippen molar-refractivity contribution in [1.29, 1.82) is 0 Å². The van der Waals surface area contributed by atoms with E-state index >= 15 is 0 Å². The van der Waals surface area contributed by atoms with Crippen LogP contribution in [-0.4, -0.2) is 9.97 Å². The lowest BCUT2D eigenvalue weighted by Crippen LogP contribution is -1.99. The van der Waals surface area contributed by atoms with E-state index in [0.717, 1.165) is 22.3 Å². The van der Waals surface area contributed by atoms with Gasteiger partial charge in [-0.15, -0.1) is 11.3 Å². The molecule has 0 aliphatic rings. The van der Waals surface area contributed by atoms with E-state index in [1.54, 1.807) is 11.3 Å². The molecule has 15 heavy (non-hydrogen) atoms. The van der Waals surface area contributed by atoms with Gasteiger partial charge in [-0.1, -0.05) is 0 Å². The third-order valence-corrected chi connectivity index (χ3v) is 3.00. The van der Waals surface area contributed by atoms with Crippen molar-refractivity contribution >= 4 is 16.5 Å². The molecule has 0 saturated heterocycles. The van der Waals surface area contributed by atoms with Crippen LogP contribution in [0.15, 0.2) is 9.80 Å². The fraction of sp³-hybridized carbons (Fsp3) is 0.400. The van der Waals surface area contributed by atoms with Crippen LogP contribution in [0.1, 0.15) is 23.0 Å². The lowest BCUT2D eigenvalue weighted by atomic mass is 10.4. The minimum Gasteiger partial charge on any atom is -0.444 e. The number of aryl methyl sites for hydroxylation is 3. The Kier molecular flexibility index (Phi) is 2.73. The van der Waals surface area contributed by atoms with E-state index in [1.165, 1.54) is 0 Å². The van der Waals surface area contributed by atoms with Crippen LogP contribution in [0.2, 0.25) is 0 Å². The number of nitrogens with one attached hydrogen (secondary N) is 1. The summed E-state index contributed by atoms with van der Waals surface area (Å²) in [5.74, 6) is 1.58. The first-order valence-electron chi connectivity index (χ1n) is 4.74. The Morgan fingerprint density at radius 2 is 2.13 bits per heavy atom. The van der Waals surface area contributed by atoms with Crippen molar-refractivity contribution in [2.45, 2.75) is 27.3 Å². The van der Waals surface area contributed by atoms with Crippen molar-refractivity contribution in [2.75, 3.05) is 5.32 Å². The van der Waals surface area contributed by atoms with Gasteiger partial charge in [0.15, 0.2) is 5.13 Å². The summed E-state index contributed by atoms with van der Waals surface area (Å²) in [5, 5.41) is 6.09. The Morgan fingerprint density at radius 1 is 1.33 bits per heavy atom. The Hall–Kier alpha value is -1.36. The third-order valence-electron chi connectivity index (χ3n) is 2.08. The highest BCUT2D eigenvalue weighted by molar-refractivity contribution is 7.13. The molecule has 0 aliphatic heterocycles. The molecule has 0 aromatic carbocycles. The monoisotopic (exact) mass is 223 g/mol. The lowest BCUT2D eigenvalue weighted by Gasteiger charge is -1.96.